The predicted octanol–water partition coefficient (Wildman–Crippen LogP) is 3.92. The number of fused-ring (bicyclic) bond motifs is 3. The van der Waals surface area contributed by atoms with Crippen molar-refractivity contribution in [3.05, 3.63) is 138 Å². The fraction of sp³-hybridized carbons (Fsp3) is 0.462. The van der Waals surface area contributed by atoms with Crippen molar-refractivity contribution in [3.8, 4) is 0 Å². The van der Waals surface area contributed by atoms with Crippen LogP contribution in [0.3, 0.4) is 0 Å². The van der Waals surface area contributed by atoms with Crippen molar-refractivity contribution in [2.75, 3.05) is 118 Å². The van der Waals surface area contributed by atoms with Crippen LogP contribution in [0.5, 0.6) is 0 Å². The summed E-state index contributed by atoms with van der Waals surface area (Å²) in [5, 5.41) is 4.99. The van der Waals surface area contributed by atoms with Crippen LogP contribution in [-0.2, 0) is 75.9 Å². The van der Waals surface area contributed by atoms with Gasteiger partial charge in [0, 0.05) is 12.0 Å². The molecule has 19 heteroatoms. The molecule has 0 aliphatic heterocycles. The molecule has 0 fully saturated rings. The maximum Gasteiger partial charge on any atom is 1.00 e. The topological polar surface area (TPSA) is 192 Å². The van der Waals surface area contributed by atoms with Crippen molar-refractivity contribution in [2.45, 2.75) is 45.1 Å². The van der Waals surface area contributed by atoms with Gasteiger partial charge in [0.25, 0.3) is 0 Å². The van der Waals surface area contributed by atoms with E-state index in [0.717, 1.165) is 44.5 Å². The van der Waals surface area contributed by atoms with Gasteiger partial charge in [-0.25, -0.2) is 18.4 Å². The van der Waals surface area contributed by atoms with Crippen molar-refractivity contribution in [1.82, 2.24) is 14.5 Å². The summed E-state index contributed by atoms with van der Waals surface area (Å²) >= 11 is 0. The Morgan fingerprint density at radius 3 is 1.39 bits per heavy atom. The molecular weight excluding hydrogens is 944 g/mol. The van der Waals surface area contributed by atoms with Crippen LogP contribution in [0.15, 0.2) is 115 Å². The SMILES string of the molecule is CCOCc1nc2c(NC(c3ccccc3)(c3ccccc3)c3ccccc3)nc3ccccc3c2n1CC(C)(C)OCCOCCOCCOCCOCCOCCOCCOCCOS(=O)(=O)[O-].[Na+]. The van der Waals surface area contributed by atoms with Crippen LogP contribution >= 0.6 is 0 Å². The first-order chi connectivity index (χ1) is 34.1. The number of nitrogens with zero attached hydrogens (tertiary/aromatic N) is 3. The van der Waals surface area contributed by atoms with Crippen LogP contribution in [0, 0.1) is 0 Å². The summed E-state index contributed by atoms with van der Waals surface area (Å²) in [5.41, 5.74) is 4.30. The van der Waals surface area contributed by atoms with Gasteiger partial charge < -0.3 is 57.1 Å². The molecule has 6 rings (SSSR count). The number of ether oxygens (including phenoxy) is 9. The summed E-state index contributed by atoms with van der Waals surface area (Å²) < 4.78 is 88.3. The third-order valence-electron chi connectivity index (χ3n) is 11.0. The molecule has 6 aromatic rings. The molecule has 71 heavy (non-hydrogen) atoms. The molecule has 0 bridgehead atoms. The summed E-state index contributed by atoms with van der Waals surface area (Å²) in [7, 11) is -4.69. The Labute approximate surface area is 440 Å². The van der Waals surface area contributed by atoms with Gasteiger partial charge in [0.15, 0.2) is 5.82 Å². The third kappa shape index (κ3) is 18.5. The van der Waals surface area contributed by atoms with E-state index in [1.165, 1.54) is 0 Å². The van der Waals surface area contributed by atoms with E-state index < -0.39 is 21.5 Å². The monoisotopic (exact) mass is 1010 g/mol. The Morgan fingerprint density at radius 2 is 0.958 bits per heavy atom. The predicted molar refractivity (Wildman–Crippen MR) is 265 cm³/mol. The zero-order chi connectivity index (χ0) is 49.3. The van der Waals surface area contributed by atoms with E-state index in [4.69, 9.17) is 52.6 Å². The molecule has 2 heterocycles. The first kappa shape index (κ1) is 58.0. The minimum absolute atomic E-state index is 0. The average Bonchev–Trinajstić information content (AvgIpc) is 3.72. The largest absolute Gasteiger partial charge is 1.00 e. The van der Waals surface area contributed by atoms with E-state index >= 15 is 0 Å². The third-order valence-corrected chi connectivity index (χ3v) is 11.4. The van der Waals surface area contributed by atoms with E-state index in [-0.39, 0.29) is 49.4 Å². The van der Waals surface area contributed by atoms with Gasteiger partial charge in [0.2, 0.25) is 10.4 Å². The second-order valence-corrected chi connectivity index (χ2v) is 17.6. The summed E-state index contributed by atoms with van der Waals surface area (Å²) in [6.45, 7) is 12.7. The van der Waals surface area contributed by atoms with Gasteiger partial charge in [0.1, 0.15) is 23.5 Å². The number of pyridine rings is 1. The normalized spacial score (nSPS) is 12.2. The maximum absolute atomic E-state index is 10.3. The summed E-state index contributed by atoms with van der Waals surface area (Å²) in [4.78, 5) is 10.6. The number of imidazole rings is 1. The Morgan fingerprint density at radius 1 is 0.549 bits per heavy atom. The molecule has 0 saturated heterocycles. The molecule has 17 nitrogen and oxygen atoms in total. The quantitative estimate of drug-likeness (QED) is 0.0196. The molecule has 4 aromatic carbocycles. The second-order valence-electron chi connectivity index (χ2n) is 16.5. The van der Waals surface area contributed by atoms with Crippen molar-refractivity contribution in [2.24, 2.45) is 0 Å². The molecule has 1 N–H and O–H groups in total. The van der Waals surface area contributed by atoms with Gasteiger partial charge in [-0.15, -0.1) is 0 Å². The number of benzene rings is 4. The number of aromatic nitrogens is 3. The molecule has 0 atom stereocenters. The van der Waals surface area contributed by atoms with Crippen molar-refractivity contribution < 1.29 is 89.3 Å². The molecule has 2 aromatic heterocycles. The fourth-order valence-corrected chi connectivity index (χ4v) is 8.09. The van der Waals surface area contributed by atoms with Gasteiger partial charge >= 0.3 is 29.6 Å². The first-order valence-corrected chi connectivity index (χ1v) is 25.0. The molecular formula is C52H67N4NaO13S. The van der Waals surface area contributed by atoms with Crippen LogP contribution in [0.4, 0.5) is 5.82 Å². The molecule has 0 aliphatic rings. The maximum atomic E-state index is 10.3. The molecule has 0 unspecified atom stereocenters. The molecule has 0 amide bonds. The number of hydrogen-bond donors (Lipinski definition) is 1. The number of rotatable bonds is 36. The fourth-order valence-electron chi connectivity index (χ4n) is 7.82. The molecule has 0 saturated carbocycles. The van der Waals surface area contributed by atoms with Crippen LogP contribution in [0.25, 0.3) is 21.9 Å². The zero-order valence-corrected chi connectivity index (χ0v) is 44.3. The van der Waals surface area contributed by atoms with Gasteiger partial charge in [-0.2, -0.15) is 0 Å². The van der Waals surface area contributed by atoms with E-state index in [1.54, 1.807) is 0 Å². The molecule has 380 valence electrons. The number of nitrogens with one attached hydrogen (secondary N) is 1. The van der Waals surface area contributed by atoms with Crippen LogP contribution in [0.2, 0.25) is 0 Å². The van der Waals surface area contributed by atoms with Crippen LogP contribution in [-0.4, -0.2) is 145 Å². The van der Waals surface area contributed by atoms with Gasteiger partial charge in [0.05, 0.1) is 129 Å². The smallest absolute Gasteiger partial charge is 0.726 e. The van der Waals surface area contributed by atoms with Crippen LogP contribution in [0.1, 0.15) is 43.3 Å². The Hall–Kier alpha value is -3.93. The van der Waals surface area contributed by atoms with E-state index in [1.807, 2.05) is 43.3 Å². The zero-order valence-electron chi connectivity index (χ0n) is 41.5. The van der Waals surface area contributed by atoms with Crippen LogP contribution < -0.4 is 34.9 Å². The minimum atomic E-state index is -4.69. The first-order valence-electron chi connectivity index (χ1n) is 23.7. The Bertz CT molecular complexity index is 2430. The molecule has 0 aliphatic carbocycles. The summed E-state index contributed by atoms with van der Waals surface area (Å²) in [6, 6.07) is 39.7. The van der Waals surface area contributed by atoms with Crippen molar-refractivity contribution in [1.29, 1.82) is 0 Å². The average molecular weight is 1010 g/mol. The summed E-state index contributed by atoms with van der Waals surface area (Å²) in [6.07, 6.45) is 0. The Balaban J connectivity index is 0.00000937. The Kier molecular flexibility index (Phi) is 25.3. The molecule has 0 spiro atoms. The van der Waals surface area contributed by atoms with Crippen molar-refractivity contribution in [3.63, 3.8) is 0 Å². The second kappa shape index (κ2) is 31.0. The van der Waals surface area contributed by atoms with E-state index in [2.05, 4.69) is 107 Å². The van der Waals surface area contributed by atoms with Gasteiger partial charge in [-0.1, -0.05) is 109 Å². The van der Waals surface area contributed by atoms with E-state index in [0.29, 0.717) is 111 Å². The van der Waals surface area contributed by atoms with Gasteiger partial charge in [-0.05, 0) is 43.5 Å². The summed E-state index contributed by atoms with van der Waals surface area (Å²) in [5.74, 6) is 1.44. The van der Waals surface area contributed by atoms with Gasteiger partial charge in [-0.3, -0.25) is 4.18 Å². The van der Waals surface area contributed by atoms with Crippen molar-refractivity contribution >= 4 is 38.2 Å². The standard InChI is InChI=1S/C52H68N4O13S.Na/c1-4-60-40-47-54-48-49(45-22-14-15-23-46(45)53-50(48)55-52(42-16-8-5-9-17-42,43-18-10-6-11-19-43)44-20-12-7-13-21-44)56(47)41-51(2,3)68-38-36-66-34-32-64-30-28-62-26-24-61-25-27-63-29-31-65-33-35-67-37-39-69-70(57,58)59;/h5-23H,4,24-41H2,1-3H3,(H,53,55)(H,57,58,59);/q;+1/p-1. The number of anilines is 1. The number of para-hydroxylation sites is 1. The van der Waals surface area contributed by atoms with E-state index in [9.17, 15) is 13.0 Å². The minimum Gasteiger partial charge on any atom is -0.726 e. The number of hydrogen-bond acceptors (Lipinski definition) is 16. The molecule has 0 radical (unpaired) electrons.